The number of nitrogens with one attached hydrogen (secondary N) is 3. The van der Waals surface area contributed by atoms with Crippen LogP contribution in [0.4, 0.5) is 10.1 Å². The van der Waals surface area contributed by atoms with Gasteiger partial charge < -0.3 is 10.3 Å². The number of carbonyl (C=O) groups excluding carboxylic acids is 1. The summed E-state index contributed by atoms with van der Waals surface area (Å²) < 4.78 is 13.7. The van der Waals surface area contributed by atoms with Crippen LogP contribution in [0.25, 0.3) is 54.9 Å². The van der Waals surface area contributed by atoms with Crippen molar-refractivity contribution < 1.29 is 9.18 Å². The van der Waals surface area contributed by atoms with Crippen LogP contribution in [0.3, 0.4) is 0 Å². The molecule has 0 saturated heterocycles. The monoisotopic (exact) mass is 530 g/mol. The van der Waals surface area contributed by atoms with Gasteiger partial charge in [0.1, 0.15) is 5.69 Å². The molecule has 0 fully saturated rings. The highest BCUT2D eigenvalue weighted by atomic mass is 32.1. The molecule has 0 unspecified atom stereocenters. The number of nitrogens with zero attached hydrogens (tertiary/aromatic N) is 3. The van der Waals surface area contributed by atoms with E-state index in [0.717, 1.165) is 60.6 Å². The van der Waals surface area contributed by atoms with Crippen molar-refractivity contribution >= 4 is 44.9 Å². The molecular formula is C30H19FN6OS. The van der Waals surface area contributed by atoms with E-state index in [9.17, 15) is 9.18 Å². The lowest BCUT2D eigenvalue weighted by molar-refractivity contribution is 0.102. The Kier molecular flexibility index (Phi) is 5.49. The van der Waals surface area contributed by atoms with Gasteiger partial charge in [-0.05, 0) is 48.5 Å². The number of hydrogen-bond donors (Lipinski definition) is 3. The van der Waals surface area contributed by atoms with E-state index in [4.69, 9.17) is 0 Å². The number of H-pyrrole nitrogens is 2. The molecule has 7 rings (SSSR count). The first-order chi connectivity index (χ1) is 19.1. The van der Waals surface area contributed by atoms with Gasteiger partial charge >= 0.3 is 0 Å². The Hall–Kier alpha value is -5.15. The topological polar surface area (TPSA) is 99.3 Å². The van der Waals surface area contributed by atoms with Crippen molar-refractivity contribution in [2.24, 2.45) is 0 Å². The summed E-state index contributed by atoms with van der Waals surface area (Å²) in [4.78, 5) is 25.8. The van der Waals surface area contributed by atoms with Crippen LogP contribution >= 0.6 is 11.3 Å². The van der Waals surface area contributed by atoms with Gasteiger partial charge in [-0.25, -0.2) is 4.98 Å². The summed E-state index contributed by atoms with van der Waals surface area (Å²) in [5.41, 5.74) is 6.88. The normalized spacial score (nSPS) is 11.3. The maximum atomic E-state index is 13.7. The Morgan fingerprint density at radius 3 is 2.59 bits per heavy atom. The van der Waals surface area contributed by atoms with Crippen molar-refractivity contribution in [2.75, 3.05) is 5.32 Å². The summed E-state index contributed by atoms with van der Waals surface area (Å²) in [6.45, 7) is 0. The molecule has 0 radical (unpaired) electrons. The van der Waals surface area contributed by atoms with Gasteiger partial charge in [-0.2, -0.15) is 9.49 Å². The fourth-order valence-electron chi connectivity index (χ4n) is 4.68. The SMILES string of the molecule is O=C(Nc1cncc(-c2cnc3[nH]nc(-c4cc5c(-c6ccc(F)s6)cccc5[nH]4)c3c2)c1)c1ccccc1. The third kappa shape index (κ3) is 4.24. The van der Waals surface area contributed by atoms with Crippen molar-refractivity contribution in [1.82, 2.24) is 25.1 Å². The summed E-state index contributed by atoms with van der Waals surface area (Å²) in [6, 6.07) is 24.2. The van der Waals surface area contributed by atoms with Gasteiger partial charge in [0, 0.05) is 55.8 Å². The quantitative estimate of drug-likeness (QED) is 0.218. The molecule has 0 spiro atoms. The number of aromatic amines is 2. The van der Waals surface area contributed by atoms with Crippen LogP contribution in [0.5, 0.6) is 0 Å². The molecule has 0 saturated carbocycles. The third-order valence-electron chi connectivity index (χ3n) is 6.54. The maximum Gasteiger partial charge on any atom is 0.255 e. The van der Waals surface area contributed by atoms with Crippen LogP contribution < -0.4 is 5.32 Å². The molecule has 0 aliphatic rings. The van der Waals surface area contributed by atoms with E-state index in [-0.39, 0.29) is 11.0 Å². The molecule has 9 heteroatoms. The first-order valence-corrected chi connectivity index (χ1v) is 13.0. The molecule has 1 amide bonds. The van der Waals surface area contributed by atoms with Gasteiger partial charge in [-0.3, -0.25) is 14.9 Å². The zero-order valence-corrected chi connectivity index (χ0v) is 21.1. The standard InChI is InChI=1S/C30H19FN6OS/c31-27-10-9-26(39-27)21-7-4-8-24-22(21)13-25(35-24)28-23-12-19(15-33-29(23)37-36-28)18-11-20(16-32-14-18)34-30(38)17-5-2-1-3-6-17/h1-16,35H,(H,34,38)(H,33,36,37). The lowest BCUT2D eigenvalue weighted by atomic mass is 10.1. The number of pyridine rings is 2. The molecule has 0 atom stereocenters. The van der Waals surface area contributed by atoms with Gasteiger partial charge in [0.2, 0.25) is 0 Å². The van der Waals surface area contributed by atoms with Crippen LogP contribution in [0, 0.1) is 5.13 Å². The molecule has 2 aromatic carbocycles. The Bertz CT molecular complexity index is 1990. The second-order valence-electron chi connectivity index (χ2n) is 9.03. The predicted molar refractivity (Wildman–Crippen MR) is 152 cm³/mol. The molecule has 3 N–H and O–H groups in total. The zero-order chi connectivity index (χ0) is 26.3. The molecule has 5 aromatic heterocycles. The summed E-state index contributed by atoms with van der Waals surface area (Å²) in [5, 5.41) is 12.1. The van der Waals surface area contributed by atoms with Crippen molar-refractivity contribution in [3.63, 3.8) is 0 Å². The van der Waals surface area contributed by atoms with E-state index in [0.29, 0.717) is 16.9 Å². The highest BCUT2D eigenvalue weighted by molar-refractivity contribution is 7.14. The lowest BCUT2D eigenvalue weighted by Gasteiger charge is -2.07. The molecule has 0 aliphatic carbocycles. The number of hydrogen-bond acceptors (Lipinski definition) is 5. The van der Waals surface area contributed by atoms with Crippen LogP contribution in [0.1, 0.15) is 10.4 Å². The third-order valence-corrected chi connectivity index (χ3v) is 7.45. The predicted octanol–water partition coefficient (Wildman–Crippen LogP) is 7.29. The van der Waals surface area contributed by atoms with Crippen molar-refractivity contribution in [2.45, 2.75) is 0 Å². The molecule has 39 heavy (non-hydrogen) atoms. The molecule has 0 bridgehead atoms. The number of halogens is 1. The van der Waals surface area contributed by atoms with Crippen LogP contribution in [0.2, 0.25) is 0 Å². The Balaban J connectivity index is 1.25. The maximum absolute atomic E-state index is 13.7. The first kappa shape index (κ1) is 23.0. The van der Waals surface area contributed by atoms with Crippen molar-refractivity contribution in [3.05, 3.63) is 108 Å². The highest BCUT2D eigenvalue weighted by Crippen LogP contribution is 2.37. The Labute approximate surface area is 225 Å². The minimum absolute atomic E-state index is 0.205. The molecule has 0 aliphatic heterocycles. The van der Waals surface area contributed by atoms with Gasteiger partial charge in [-0.15, -0.1) is 11.3 Å². The van der Waals surface area contributed by atoms with Crippen LogP contribution in [-0.2, 0) is 0 Å². The number of fused-ring (bicyclic) bond motifs is 2. The summed E-state index contributed by atoms with van der Waals surface area (Å²) in [7, 11) is 0. The molecular weight excluding hydrogens is 511 g/mol. The number of rotatable bonds is 5. The first-order valence-electron chi connectivity index (χ1n) is 12.2. The largest absolute Gasteiger partial charge is 0.353 e. The van der Waals surface area contributed by atoms with Gasteiger partial charge in [-0.1, -0.05) is 30.3 Å². The number of benzene rings is 2. The molecule has 7 aromatic rings. The minimum atomic E-state index is -0.215. The van der Waals surface area contributed by atoms with Gasteiger partial charge in [0.15, 0.2) is 10.8 Å². The van der Waals surface area contributed by atoms with E-state index in [1.165, 1.54) is 6.07 Å². The average Bonchev–Trinajstić information content (AvgIpc) is 3.71. The number of anilines is 1. The zero-order valence-electron chi connectivity index (χ0n) is 20.3. The molecule has 5 heterocycles. The lowest BCUT2D eigenvalue weighted by Crippen LogP contribution is -2.11. The van der Waals surface area contributed by atoms with Crippen LogP contribution in [-0.4, -0.2) is 31.1 Å². The van der Waals surface area contributed by atoms with E-state index in [2.05, 4.69) is 30.5 Å². The Morgan fingerprint density at radius 1 is 0.872 bits per heavy atom. The van der Waals surface area contributed by atoms with E-state index in [1.54, 1.807) is 36.8 Å². The second kappa shape index (κ2) is 9.30. The van der Waals surface area contributed by atoms with Gasteiger partial charge in [0.25, 0.3) is 5.91 Å². The summed E-state index contributed by atoms with van der Waals surface area (Å²) in [5.74, 6) is -0.205. The average molecular weight is 531 g/mol. The van der Waals surface area contributed by atoms with Crippen LogP contribution in [0.15, 0.2) is 97.5 Å². The fraction of sp³-hybridized carbons (Fsp3) is 0. The minimum Gasteiger partial charge on any atom is -0.353 e. The van der Waals surface area contributed by atoms with E-state index >= 15 is 0 Å². The fourth-order valence-corrected chi connectivity index (χ4v) is 5.45. The van der Waals surface area contributed by atoms with E-state index < -0.39 is 0 Å². The van der Waals surface area contributed by atoms with E-state index in [1.807, 2.05) is 54.6 Å². The van der Waals surface area contributed by atoms with Crippen molar-refractivity contribution in [1.29, 1.82) is 0 Å². The number of carbonyl (C=O) groups is 1. The highest BCUT2D eigenvalue weighted by Gasteiger charge is 2.16. The summed E-state index contributed by atoms with van der Waals surface area (Å²) in [6.07, 6.45) is 5.09. The number of thiophene rings is 1. The Morgan fingerprint density at radius 2 is 1.74 bits per heavy atom. The second-order valence-corrected chi connectivity index (χ2v) is 10.1. The number of aromatic nitrogens is 5. The smallest absolute Gasteiger partial charge is 0.255 e. The number of amides is 1. The molecule has 188 valence electrons. The van der Waals surface area contributed by atoms with Gasteiger partial charge in [0.05, 0.1) is 17.6 Å². The summed E-state index contributed by atoms with van der Waals surface area (Å²) >= 11 is 1.12. The molecule has 7 nitrogen and oxygen atoms in total. The van der Waals surface area contributed by atoms with Crippen molar-refractivity contribution in [3.8, 4) is 33.0 Å².